The lowest BCUT2D eigenvalue weighted by Crippen LogP contribution is -2.34. The molecular formula is C14H21NO2. The molecule has 1 aromatic rings. The summed E-state index contributed by atoms with van der Waals surface area (Å²) < 4.78 is 5.58. The molecule has 2 rings (SSSR count). The Labute approximate surface area is 103 Å². The summed E-state index contributed by atoms with van der Waals surface area (Å²) in [5, 5.41) is 9.57. The largest absolute Gasteiger partial charge is 0.508 e. The highest BCUT2D eigenvalue weighted by Gasteiger charge is 2.27. The van der Waals surface area contributed by atoms with Crippen LogP contribution < -0.4 is 0 Å². The first-order valence-corrected chi connectivity index (χ1v) is 6.18. The topological polar surface area (TPSA) is 32.7 Å². The highest BCUT2D eigenvalue weighted by atomic mass is 16.5. The number of phenols is 1. The molecule has 0 unspecified atom stereocenters. The molecule has 0 saturated carbocycles. The molecule has 1 aliphatic rings. The molecule has 94 valence electrons. The number of ether oxygens (including phenoxy) is 1. The Morgan fingerprint density at radius 1 is 1.41 bits per heavy atom. The van der Waals surface area contributed by atoms with E-state index in [-0.39, 0.29) is 0 Å². The van der Waals surface area contributed by atoms with Crippen LogP contribution in [0.4, 0.5) is 0 Å². The van der Waals surface area contributed by atoms with Gasteiger partial charge in [0.2, 0.25) is 0 Å². The molecule has 0 bridgehead atoms. The predicted molar refractivity (Wildman–Crippen MR) is 68.3 cm³/mol. The summed E-state index contributed by atoms with van der Waals surface area (Å²) in [7, 11) is 4.18. The number of hydrogen-bond donors (Lipinski definition) is 1. The molecule has 17 heavy (non-hydrogen) atoms. The summed E-state index contributed by atoms with van der Waals surface area (Å²) in [4.78, 5) is 2.20. The summed E-state index contributed by atoms with van der Waals surface area (Å²) >= 11 is 0. The monoisotopic (exact) mass is 235 g/mol. The fourth-order valence-electron chi connectivity index (χ4n) is 2.64. The Morgan fingerprint density at radius 2 is 2.24 bits per heavy atom. The van der Waals surface area contributed by atoms with E-state index in [1.807, 2.05) is 12.1 Å². The smallest absolute Gasteiger partial charge is 0.115 e. The zero-order valence-corrected chi connectivity index (χ0v) is 10.6. The van der Waals surface area contributed by atoms with E-state index in [4.69, 9.17) is 4.74 Å². The molecule has 1 saturated heterocycles. The van der Waals surface area contributed by atoms with Crippen LogP contribution in [-0.4, -0.2) is 43.9 Å². The van der Waals surface area contributed by atoms with Crippen LogP contribution in [0.3, 0.4) is 0 Å². The molecule has 1 aromatic carbocycles. The lowest BCUT2D eigenvalue weighted by atomic mass is 9.82. The number of rotatable bonds is 3. The number of hydrogen-bond acceptors (Lipinski definition) is 3. The van der Waals surface area contributed by atoms with Crippen molar-refractivity contribution in [2.75, 3.05) is 33.9 Å². The van der Waals surface area contributed by atoms with Crippen LogP contribution in [0.5, 0.6) is 5.75 Å². The molecule has 1 N–H and O–H groups in total. The van der Waals surface area contributed by atoms with Gasteiger partial charge in [0.15, 0.2) is 0 Å². The van der Waals surface area contributed by atoms with Gasteiger partial charge in [-0.1, -0.05) is 12.1 Å². The summed E-state index contributed by atoms with van der Waals surface area (Å²) in [6, 6.07) is 7.65. The lowest BCUT2D eigenvalue weighted by molar-refractivity contribution is 0.0302. The summed E-state index contributed by atoms with van der Waals surface area (Å²) in [6.45, 7) is 2.67. The first kappa shape index (κ1) is 12.4. The third-order valence-electron chi connectivity index (χ3n) is 3.37. The van der Waals surface area contributed by atoms with E-state index < -0.39 is 0 Å². The van der Waals surface area contributed by atoms with Crippen molar-refractivity contribution in [3.05, 3.63) is 29.8 Å². The van der Waals surface area contributed by atoms with Crippen molar-refractivity contribution >= 4 is 0 Å². The second kappa shape index (κ2) is 5.52. The van der Waals surface area contributed by atoms with Crippen molar-refractivity contribution < 1.29 is 9.84 Å². The van der Waals surface area contributed by atoms with E-state index in [9.17, 15) is 5.11 Å². The van der Waals surface area contributed by atoms with Crippen molar-refractivity contribution in [2.24, 2.45) is 5.92 Å². The van der Waals surface area contributed by atoms with Crippen LogP contribution in [0.25, 0.3) is 0 Å². The van der Waals surface area contributed by atoms with Crippen molar-refractivity contribution in [1.82, 2.24) is 4.90 Å². The molecular weight excluding hydrogens is 214 g/mol. The van der Waals surface area contributed by atoms with Gasteiger partial charge in [-0.3, -0.25) is 0 Å². The van der Waals surface area contributed by atoms with Gasteiger partial charge in [0.05, 0.1) is 6.61 Å². The second-order valence-electron chi connectivity index (χ2n) is 5.09. The normalized spacial score (nSPS) is 25.1. The van der Waals surface area contributed by atoms with Crippen molar-refractivity contribution in [1.29, 1.82) is 0 Å². The van der Waals surface area contributed by atoms with Crippen molar-refractivity contribution in [3.8, 4) is 5.75 Å². The summed E-state index contributed by atoms with van der Waals surface area (Å²) in [5.74, 6) is 1.37. The Hall–Kier alpha value is -1.06. The minimum atomic E-state index is 0.359. The first-order valence-electron chi connectivity index (χ1n) is 6.18. The summed E-state index contributed by atoms with van der Waals surface area (Å²) in [5.41, 5.74) is 1.24. The zero-order valence-electron chi connectivity index (χ0n) is 10.6. The maximum Gasteiger partial charge on any atom is 0.115 e. The van der Waals surface area contributed by atoms with Gasteiger partial charge in [-0.2, -0.15) is 0 Å². The van der Waals surface area contributed by atoms with Crippen LogP contribution in [0.1, 0.15) is 17.9 Å². The Balaban J connectivity index is 2.15. The maximum absolute atomic E-state index is 9.57. The molecule has 3 nitrogen and oxygen atoms in total. The minimum absolute atomic E-state index is 0.359. The molecule has 3 heteroatoms. The highest BCUT2D eigenvalue weighted by Crippen LogP contribution is 2.33. The van der Waals surface area contributed by atoms with Crippen LogP contribution in [0, 0.1) is 5.92 Å². The molecule has 0 spiro atoms. The van der Waals surface area contributed by atoms with E-state index in [0.29, 0.717) is 17.6 Å². The Kier molecular flexibility index (Phi) is 4.02. The Bertz CT molecular complexity index is 365. The first-order chi connectivity index (χ1) is 8.16. The standard InChI is InChI=1S/C14H21NO2/c1-15(2)9-12-10-17-7-6-14(12)11-4-3-5-13(16)8-11/h3-5,8,12,14,16H,6-7,9-10H2,1-2H3/t12-,14+/m0/s1. The van der Waals surface area contributed by atoms with Gasteiger partial charge in [-0.05, 0) is 44.1 Å². The zero-order chi connectivity index (χ0) is 12.3. The number of phenolic OH excluding ortho intramolecular Hbond substituents is 1. The van der Waals surface area contributed by atoms with Crippen LogP contribution in [0.2, 0.25) is 0 Å². The van der Waals surface area contributed by atoms with E-state index in [1.165, 1.54) is 5.56 Å². The Morgan fingerprint density at radius 3 is 2.94 bits per heavy atom. The van der Waals surface area contributed by atoms with Gasteiger partial charge in [-0.15, -0.1) is 0 Å². The maximum atomic E-state index is 9.57. The van der Waals surface area contributed by atoms with Gasteiger partial charge in [0, 0.05) is 19.1 Å². The van der Waals surface area contributed by atoms with Gasteiger partial charge >= 0.3 is 0 Å². The number of nitrogens with zero attached hydrogens (tertiary/aromatic N) is 1. The lowest BCUT2D eigenvalue weighted by Gasteiger charge is -2.33. The molecule has 1 aliphatic heterocycles. The number of benzene rings is 1. The third-order valence-corrected chi connectivity index (χ3v) is 3.37. The molecule has 0 amide bonds. The molecule has 2 atom stereocenters. The van der Waals surface area contributed by atoms with Crippen molar-refractivity contribution in [3.63, 3.8) is 0 Å². The van der Waals surface area contributed by atoms with E-state index in [1.54, 1.807) is 6.07 Å². The van der Waals surface area contributed by atoms with Crippen LogP contribution >= 0.6 is 0 Å². The predicted octanol–water partition coefficient (Wildman–Crippen LogP) is 2.07. The van der Waals surface area contributed by atoms with Crippen LogP contribution in [0.15, 0.2) is 24.3 Å². The fraction of sp³-hybridized carbons (Fsp3) is 0.571. The molecule has 0 radical (unpaired) electrons. The molecule has 0 aliphatic carbocycles. The van der Waals surface area contributed by atoms with Gasteiger partial charge in [0.1, 0.15) is 5.75 Å². The SMILES string of the molecule is CN(C)C[C@H]1COCC[C@@H]1c1cccc(O)c1. The molecule has 0 aromatic heterocycles. The average Bonchev–Trinajstić information content (AvgIpc) is 2.29. The molecule has 1 fully saturated rings. The number of aromatic hydroxyl groups is 1. The highest BCUT2D eigenvalue weighted by molar-refractivity contribution is 5.30. The van der Waals surface area contributed by atoms with E-state index in [2.05, 4.69) is 25.1 Å². The van der Waals surface area contributed by atoms with Gasteiger partial charge in [-0.25, -0.2) is 0 Å². The van der Waals surface area contributed by atoms with Gasteiger partial charge in [0.25, 0.3) is 0 Å². The van der Waals surface area contributed by atoms with Gasteiger partial charge < -0.3 is 14.7 Å². The average molecular weight is 235 g/mol. The van der Waals surface area contributed by atoms with Crippen molar-refractivity contribution in [2.45, 2.75) is 12.3 Å². The molecule has 1 heterocycles. The fourth-order valence-corrected chi connectivity index (χ4v) is 2.64. The summed E-state index contributed by atoms with van der Waals surface area (Å²) in [6.07, 6.45) is 1.04. The quantitative estimate of drug-likeness (QED) is 0.870. The second-order valence-corrected chi connectivity index (χ2v) is 5.09. The van der Waals surface area contributed by atoms with E-state index in [0.717, 1.165) is 26.2 Å². The minimum Gasteiger partial charge on any atom is -0.508 e. The van der Waals surface area contributed by atoms with Crippen LogP contribution in [-0.2, 0) is 4.74 Å². The van der Waals surface area contributed by atoms with E-state index >= 15 is 0 Å². The third kappa shape index (κ3) is 3.20.